The van der Waals surface area contributed by atoms with Gasteiger partial charge in [-0.3, -0.25) is 0 Å². The van der Waals surface area contributed by atoms with E-state index >= 15 is 0 Å². The van der Waals surface area contributed by atoms with Crippen LogP contribution in [0.5, 0.6) is 11.5 Å². The molecule has 8 heteroatoms. The van der Waals surface area contributed by atoms with Crippen molar-refractivity contribution in [3.05, 3.63) is 33.4 Å². The summed E-state index contributed by atoms with van der Waals surface area (Å²) in [4.78, 5) is 27.0. The summed E-state index contributed by atoms with van der Waals surface area (Å²) in [5, 5.41) is 13.0. The summed E-state index contributed by atoms with van der Waals surface area (Å²) in [7, 11) is 3.06. The van der Waals surface area contributed by atoms with Crippen LogP contribution in [-0.4, -0.2) is 42.3 Å². The van der Waals surface area contributed by atoms with E-state index in [9.17, 15) is 14.7 Å². The molecule has 1 aliphatic heterocycles. The summed E-state index contributed by atoms with van der Waals surface area (Å²) in [6.45, 7) is 1.74. The highest BCUT2D eigenvalue weighted by atomic mass is 79.9. The Morgan fingerprint density at radius 3 is 2.52 bits per heavy atom. The zero-order valence-electron chi connectivity index (χ0n) is 17.0. The topological polar surface area (TPSA) is 88.1 Å². The number of phenolic OH excluding ortho intramolecular Hbond substituents is 1. The van der Waals surface area contributed by atoms with Gasteiger partial charge in [-0.05, 0) is 66.2 Å². The summed E-state index contributed by atoms with van der Waals surface area (Å²) >= 11 is 3.31. The lowest BCUT2D eigenvalue weighted by Gasteiger charge is -2.34. The van der Waals surface area contributed by atoms with E-state index in [0.717, 1.165) is 25.7 Å². The molecule has 0 bridgehead atoms. The molecule has 1 atom stereocenters. The second-order valence-corrected chi connectivity index (χ2v) is 8.37. The van der Waals surface area contributed by atoms with Gasteiger partial charge in [0.25, 0.3) is 0 Å². The molecule has 1 aromatic carbocycles. The smallest absolute Gasteiger partial charge is 0.338 e. The van der Waals surface area contributed by atoms with Crippen molar-refractivity contribution in [1.82, 2.24) is 10.2 Å². The second-order valence-electron chi connectivity index (χ2n) is 7.51. The van der Waals surface area contributed by atoms with Crippen molar-refractivity contribution in [3.8, 4) is 11.5 Å². The average Bonchev–Trinajstić information content (AvgIpc) is 2.96. The standard InChI is InChI=1S/C21H27BrN2O5/c1-12-17(20(26)29-14-8-6-4-5-7-9-14)18(23-21(27)24(12)2)13-10-15(22)19(25)16(11-13)28-3/h10-11,14,18,25H,4-9H2,1-3H3,(H,23,27). The van der Waals surface area contributed by atoms with Crippen molar-refractivity contribution in [1.29, 1.82) is 0 Å². The van der Waals surface area contributed by atoms with Gasteiger partial charge in [0, 0.05) is 12.7 Å². The summed E-state index contributed by atoms with van der Waals surface area (Å²) in [5.41, 5.74) is 1.54. The molecule has 0 saturated heterocycles. The van der Waals surface area contributed by atoms with Gasteiger partial charge < -0.3 is 24.8 Å². The van der Waals surface area contributed by atoms with Crippen LogP contribution in [0, 0.1) is 0 Å². The van der Waals surface area contributed by atoms with Crippen LogP contribution in [0.25, 0.3) is 0 Å². The largest absolute Gasteiger partial charge is 0.503 e. The number of phenols is 1. The van der Waals surface area contributed by atoms with Crippen LogP contribution in [0.15, 0.2) is 27.9 Å². The molecule has 1 unspecified atom stereocenters. The molecular weight excluding hydrogens is 440 g/mol. The molecule has 7 nitrogen and oxygen atoms in total. The van der Waals surface area contributed by atoms with E-state index in [0.29, 0.717) is 21.3 Å². The molecule has 2 N–H and O–H groups in total. The number of carbonyl (C=O) groups excluding carboxylic acids is 2. The lowest BCUT2D eigenvalue weighted by atomic mass is 9.94. The fourth-order valence-corrected chi connectivity index (χ4v) is 4.30. The van der Waals surface area contributed by atoms with Crippen LogP contribution in [-0.2, 0) is 9.53 Å². The van der Waals surface area contributed by atoms with Gasteiger partial charge in [-0.25, -0.2) is 9.59 Å². The molecule has 3 rings (SSSR count). The van der Waals surface area contributed by atoms with Gasteiger partial charge in [-0.1, -0.05) is 12.8 Å². The molecular formula is C21H27BrN2O5. The van der Waals surface area contributed by atoms with Crippen molar-refractivity contribution >= 4 is 27.9 Å². The van der Waals surface area contributed by atoms with E-state index in [4.69, 9.17) is 9.47 Å². The van der Waals surface area contributed by atoms with Crippen molar-refractivity contribution in [2.75, 3.05) is 14.2 Å². The highest BCUT2D eigenvalue weighted by molar-refractivity contribution is 9.10. The number of allylic oxidation sites excluding steroid dienone is 1. The Kier molecular flexibility index (Phi) is 6.72. The molecule has 1 aliphatic carbocycles. The average molecular weight is 467 g/mol. The third-order valence-electron chi connectivity index (χ3n) is 5.65. The molecule has 1 saturated carbocycles. The Bertz CT molecular complexity index is 831. The van der Waals surface area contributed by atoms with Gasteiger partial charge in [0.2, 0.25) is 0 Å². The lowest BCUT2D eigenvalue weighted by Crippen LogP contribution is -2.46. The number of esters is 1. The number of nitrogens with one attached hydrogen (secondary N) is 1. The van der Waals surface area contributed by atoms with E-state index in [1.807, 2.05) is 0 Å². The number of aromatic hydroxyl groups is 1. The normalized spacial score (nSPS) is 20.9. The van der Waals surface area contributed by atoms with Crippen LogP contribution in [0.1, 0.15) is 57.1 Å². The molecule has 0 aromatic heterocycles. The number of halogens is 1. The molecule has 1 fully saturated rings. The maximum atomic E-state index is 13.2. The van der Waals surface area contributed by atoms with Gasteiger partial charge in [0.1, 0.15) is 6.10 Å². The number of hydrogen-bond donors (Lipinski definition) is 2. The van der Waals surface area contributed by atoms with Crippen LogP contribution in [0.3, 0.4) is 0 Å². The molecule has 0 spiro atoms. The van der Waals surface area contributed by atoms with Crippen molar-refractivity contribution in [3.63, 3.8) is 0 Å². The first-order valence-electron chi connectivity index (χ1n) is 9.85. The highest BCUT2D eigenvalue weighted by Crippen LogP contribution is 2.40. The number of methoxy groups -OCH3 is 1. The molecule has 0 radical (unpaired) electrons. The minimum atomic E-state index is -0.706. The summed E-state index contributed by atoms with van der Waals surface area (Å²) in [6.07, 6.45) is 6.07. The van der Waals surface area contributed by atoms with Gasteiger partial charge in [-0.2, -0.15) is 0 Å². The Morgan fingerprint density at radius 2 is 1.90 bits per heavy atom. The Labute approximate surface area is 179 Å². The molecule has 1 heterocycles. The number of hydrogen-bond acceptors (Lipinski definition) is 5. The number of ether oxygens (including phenoxy) is 2. The minimum absolute atomic E-state index is 0.0428. The van der Waals surface area contributed by atoms with Gasteiger partial charge in [0.15, 0.2) is 11.5 Å². The molecule has 2 aliphatic rings. The van der Waals surface area contributed by atoms with E-state index in [-0.39, 0.29) is 23.6 Å². The number of carbonyl (C=O) groups is 2. The summed E-state index contributed by atoms with van der Waals surface area (Å²) < 4.78 is 11.5. The minimum Gasteiger partial charge on any atom is -0.503 e. The highest BCUT2D eigenvalue weighted by Gasteiger charge is 2.36. The zero-order chi connectivity index (χ0) is 21.1. The van der Waals surface area contributed by atoms with E-state index < -0.39 is 12.0 Å². The molecule has 158 valence electrons. The molecule has 1 aromatic rings. The van der Waals surface area contributed by atoms with Gasteiger partial charge >= 0.3 is 12.0 Å². The monoisotopic (exact) mass is 466 g/mol. The summed E-state index contributed by atoms with van der Waals surface area (Å²) in [6, 6.07) is 2.26. The van der Waals surface area contributed by atoms with Crippen molar-refractivity contribution in [2.45, 2.75) is 57.6 Å². The predicted molar refractivity (Wildman–Crippen MR) is 112 cm³/mol. The van der Waals surface area contributed by atoms with Crippen molar-refractivity contribution < 1.29 is 24.2 Å². The third-order valence-corrected chi connectivity index (χ3v) is 6.26. The second kappa shape index (κ2) is 9.07. The molecule has 29 heavy (non-hydrogen) atoms. The van der Waals surface area contributed by atoms with Gasteiger partial charge in [0.05, 0.1) is 23.2 Å². The predicted octanol–water partition coefficient (Wildman–Crippen LogP) is 4.40. The number of nitrogens with zero attached hydrogens (tertiary/aromatic N) is 1. The van der Waals surface area contributed by atoms with E-state index in [2.05, 4.69) is 21.2 Å². The number of amides is 2. The maximum absolute atomic E-state index is 13.2. The SMILES string of the molecule is COc1cc(C2NC(=O)N(C)C(C)=C2C(=O)OC2CCCCCC2)cc(Br)c1O. The lowest BCUT2D eigenvalue weighted by molar-refractivity contribution is -0.145. The third kappa shape index (κ3) is 4.52. The Hall–Kier alpha value is -2.22. The fourth-order valence-electron chi connectivity index (χ4n) is 3.84. The first kappa shape index (κ1) is 21.5. The van der Waals surface area contributed by atoms with Crippen LogP contribution < -0.4 is 10.1 Å². The fraction of sp³-hybridized carbons (Fsp3) is 0.524. The first-order valence-corrected chi connectivity index (χ1v) is 10.6. The number of rotatable bonds is 4. The van der Waals surface area contributed by atoms with Gasteiger partial charge in [-0.15, -0.1) is 0 Å². The van der Waals surface area contributed by atoms with Crippen LogP contribution in [0.2, 0.25) is 0 Å². The zero-order valence-corrected chi connectivity index (χ0v) is 18.5. The van der Waals surface area contributed by atoms with Crippen molar-refractivity contribution in [2.24, 2.45) is 0 Å². The van der Waals surface area contributed by atoms with Crippen LogP contribution in [0.4, 0.5) is 4.79 Å². The van der Waals surface area contributed by atoms with E-state index in [1.54, 1.807) is 26.1 Å². The molecule has 2 amide bonds. The quantitative estimate of drug-likeness (QED) is 0.506. The number of urea groups is 1. The number of benzene rings is 1. The Morgan fingerprint density at radius 1 is 1.24 bits per heavy atom. The van der Waals surface area contributed by atoms with E-state index in [1.165, 1.54) is 24.9 Å². The van der Waals surface area contributed by atoms with Crippen LogP contribution >= 0.6 is 15.9 Å². The Balaban J connectivity index is 1.97. The maximum Gasteiger partial charge on any atom is 0.338 e. The summed E-state index contributed by atoms with van der Waals surface area (Å²) in [5.74, 6) is -0.218. The first-order chi connectivity index (χ1) is 13.8.